The number of non-ortho nitro benzene ring substituents is 1. The van der Waals surface area contributed by atoms with Gasteiger partial charge in [0, 0.05) is 32.8 Å². The molecule has 0 aliphatic heterocycles. The fourth-order valence-corrected chi connectivity index (χ4v) is 3.22. The van der Waals surface area contributed by atoms with E-state index in [4.69, 9.17) is 0 Å². The van der Waals surface area contributed by atoms with E-state index in [1.165, 1.54) is 23.7 Å². The van der Waals surface area contributed by atoms with Crippen molar-refractivity contribution in [1.82, 2.24) is 18.7 Å². The lowest BCUT2D eigenvalue weighted by Gasteiger charge is -2.11. The largest absolute Gasteiger partial charge is 0.356 e. The molecular weight excluding hydrogens is 376 g/mol. The molecule has 0 unspecified atom stereocenters. The highest BCUT2D eigenvalue weighted by molar-refractivity contribution is 5.74. The molecule has 3 rings (SSSR count). The molecule has 10 nitrogen and oxygen atoms in total. The topological polar surface area (TPSA) is 117 Å². The smallest absolute Gasteiger partial charge is 0.332 e. The number of aryl methyl sites for hydroxylation is 1. The number of unbranched alkanes of at least 4 members (excludes halogenated alkanes) is 2. The van der Waals surface area contributed by atoms with Crippen LogP contribution in [0.3, 0.4) is 0 Å². The highest BCUT2D eigenvalue weighted by Gasteiger charge is 2.19. The average molecular weight is 400 g/mol. The summed E-state index contributed by atoms with van der Waals surface area (Å²) in [5.74, 6) is 0.493. The van der Waals surface area contributed by atoms with Gasteiger partial charge in [-0.05, 0) is 12.0 Å². The van der Waals surface area contributed by atoms with Gasteiger partial charge >= 0.3 is 5.69 Å². The van der Waals surface area contributed by atoms with E-state index in [0.717, 1.165) is 29.4 Å². The first kappa shape index (κ1) is 20.3. The summed E-state index contributed by atoms with van der Waals surface area (Å²) in [4.78, 5) is 40.0. The van der Waals surface area contributed by atoms with Crippen molar-refractivity contribution in [3.8, 4) is 0 Å². The number of nitrogens with zero attached hydrogens (tertiary/aromatic N) is 5. The van der Waals surface area contributed by atoms with E-state index < -0.39 is 16.2 Å². The Labute approximate surface area is 166 Å². The number of rotatable bonds is 8. The second-order valence-corrected chi connectivity index (χ2v) is 6.96. The molecule has 2 heterocycles. The molecule has 0 amide bonds. The summed E-state index contributed by atoms with van der Waals surface area (Å²) >= 11 is 0. The van der Waals surface area contributed by atoms with Crippen LogP contribution in [-0.4, -0.2) is 30.2 Å². The number of nitro groups is 1. The molecule has 154 valence electrons. The van der Waals surface area contributed by atoms with E-state index in [9.17, 15) is 19.7 Å². The summed E-state index contributed by atoms with van der Waals surface area (Å²) < 4.78 is 4.13. The lowest BCUT2D eigenvalue weighted by molar-refractivity contribution is -0.384. The van der Waals surface area contributed by atoms with Gasteiger partial charge in [0.1, 0.15) is 0 Å². The van der Waals surface area contributed by atoms with E-state index in [1.807, 2.05) is 0 Å². The second kappa shape index (κ2) is 8.29. The standard InChI is InChI=1S/C19H24N6O4/c1-4-5-6-11-20-18-21-16-15(17(26)23(3)19(27)22(16)2)24(18)12-13-7-9-14(10-8-13)25(28)29/h7-10H,4-6,11-12H2,1-3H3,(H,20,21). The van der Waals surface area contributed by atoms with Crippen LogP contribution < -0.4 is 16.6 Å². The Morgan fingerprint density at radius 3 is 2.41 bits per heavy atom. The molecule has 0 aliphatic rings. The first-order chi connectivity index (χ1) is 13.8. The van der Waals surface area contributed by atoms with Gasteiger partial charge in [-0.3, -0.25) is 28.6 Å². The molecular formula is C19H24N6O4. The summed E-state index contributed by atoms with van der Waals surface area (Å²) in [6, 6.07) is 6.15. The molecule has 0 saturated heterocycles. The molecule has 3 aromatic rings. The zero-order chi connectivity index (χ0) is 21.1. The number of imidazole rings is 1. The molecule has 29 heavy (non-hydrogen) atoms. The van der Waals surface area contributed by atoms with E-state index in [1.54, 1.807) is 23.7 Å². The first-order valence-electron chi connectivity index (χ1n) is 9.48. The van der Waals surface area contributed by atoms with Gasteiger partial charge in [0.15, 0.2) is 11.2 Å². The van der Waals surface area contributed by atoms with Crippen LogP contribution in [0, 0.1) is 10.1 Å². The van der Waals surface area contributed by atoms with E-state index in [-0.39, 0.29) is 12.2 Å². The SMILES string of the molecule is CCCCCNc1nc2c(c(=O)n(C)c(=O)n2C)n1Cc1ccc([N+](=O)[O-])cc1. The third-order valence-corrected chi connectivity index (χ3v) is 4.90. The maximum atomic E-state index is 12.8. The number of hydrogen-bond acceptors (Lipinski definition) is 6. The van der Waals surface area contributed by atoms with Crippen molar-refractivity contribution in [2.45, 2.75) is 32.7 Å². The molecule has 0 bridgehead atoms. The number of aromatic nitrogens is 4. The molecule has 1 aromatic carbocycles. The third-order valence-electron chi connectivity index (χ3n) is 4.90. The van der Waals surface area contributed by atoms with Gasteiger partial charge in [-0.1, -0.05) is 31.9 Å². The Hall–Kier alpha value is -3.43. The molecule has 0 atom stereocenters. The predicted octanol–water partition coefficient (Wildman–Crippen LogP) is 1.99. The van der Waals surface area contributed by atoms with E-state index >= 15 is 0 Å². The predicted molar refractivity (Wildman–Crippen MR) is 110 cm³/mol. The number of fused-ring (bicyclic) bond motifs is 1. The molecule has 0 radical (unpaired) electrons. The zero-order valence-corrected chi connectivity index (χ0v) is 16.7. The normalized spacial score (nSPS) is 11.1. The quantitative estimate of drug-likeness (QED) is 0.351. The molecule has 0 spiro atoms. The minimum atomic E-state index is -0.456. The highest BCUT2D eigenvalue weighted by atomic mass is 16.6. The van der Waals surface area contributed by atoms with Gasteiger partial charge in [0.05, 0.1) is 11.5 Å². The van der Waals surface area contributed by atoms with Crippen LogP contribution >= 0.6 is 0 Å². The minimum absolute atomic E-state index is 0.000429. The number of anilines is 1. The summed E-state index contributed by atoms with van der Waals surface area (Å²) in [6.07, 6.45) is 3.10. The van der Waals surface area contributed by atoms with Gasteiger partial charge in [-0.2, -0.15) is 4.98 Å². The van der Waals surface area contributed by atoms with Crippen molar-refractivity contribution >= 4 is 22.8 Å². The van der Waals surface area contributed by atoms with Gasteiger partial charge in [0.2, 0.25) is 5.95 Å². The maximum absolute atomic E-state index is 12.8. The Balaban J connectivity index is 2.09. The summed E-state index contributed by atoms with van der Waals surface area (Å²) in [7, 11) is 3.01. The highest BCUT2D eigenvalue weighted by Crippen LogP contribution is 2.19. The van der Waals surface area contributed by atoms with Gasteiger partial charge in [0.25, 0.3) is 11.2 Å². The number of benzene rings is 1. The summed E-state index contributed by atoms with van der Waals surface area (Å²) in [6.45, 7) is 3.09. The van der Waals surface area contributed by atoms with Crippen molar-refractivity contribution in [2.24, 2.45) is 14.1 Å². The molecule has 2 aromatic heterocycles. The zero-order valence-electron chi connectivity index (χ0n) is 16.7. The second-order valence-electron chi connectivity index (χ2n) is 6.96. The van der Waals surface area contributed by atoms with Crippen molar-refractivity contribution < 1.29 is 4.92 Å². The van der Waals surface area contributed by atoms with Crippen molar-refractivity contribution in [2.75, 3.05) is 11.9 Å². The Kier molecular flexibility index (Phi) is 5.81. The van der Waals surface area contributed by atoms with E-state index in [0.29, 0.717) is 23.7 Å². The van der Waals surface area contributed by atoms with Gasteiger partial charge in [-0.25, -0.2) is 4.79 Å². The van der Waals surface area contributed by atoms with Crippen LogP contribution in [-0.2, 0) is 20.6 Å². The van der Waals surface area contributed by atoms with Crippen LogP contribution in [0.2, 0.25) is 0 Å². The number of nitro benzene ring substituents is 1. The number of hydrogen-bond donors (Lipinski definition) is 1. The summed E-state index contributed by atoms with van der Waals surface area (Å²) in [5, 5.41) is 14.1. The Morgan fingerprint density at radius 2 is 1.79 bits per heavy atom. The summed E-state index contributed by atoms with van der Waals surface area (Å²) in [5.41, 5.74) is 0.519. The van der Waals surface area contributed by atoms with Gasteiger partial charge < -0.3 is 5.32 Å². The third kappa shape index (κ3) is 3.91. The van der Waals surface area contributed by atoms with Crippen molar-refractivity contribution in [3.63, 3.8) is 0 Å². The van der Waals surface area contributed by atoms with Crippen LogP contribution in [0.4, 0.5) is 11.6 Å². The Morgan fingerprint density at radius 1 is 1.10 bits per heavy atom. The molecule has 10 heteroatoms. The molecule has 0 aliphatic carbocycles. The fraction of sp³-hybridized carbons (Fsp3) is 0.421. The average Bonchev–Trinajstić information content (AvgIpc) is 3.07. The lowest BCUT2D eigenvalue weighted by atomic mass is 10.2. The molecule has 0 saturated carbocycles. The number of nitrogens with one attached hydrogen (secondary N) is 1. The van der Waals surface area contributed by atoms with Crippen molar-refractivity contribution in [1.29, 1.82) is 0 Å². The van der Waals surface area contributed by atoms with Crippen molar-refractivity contribution in [3.05, 3.63) is 60.8 Å². The molecule has 0 fully saturated rings. The maximum Gasteiger partial charge on any atom is 0.332 e. The van der Waals surface area contributed by atoms with Gasteiger partial charge in [-0.15, -0.1) is 0 Å². The van der Waals surface area contributed by atoms with Crippen LogP contribution in [0.15, 0.2) is 33.9 Å². The van der Waals surface area contributed by atoms with Crippen LogP contribution in [0.5, 0.6) is 0 Å². The van der Waals surface area contributed by atoms with Crippen LogP contribution in [0.1, 0.15) is 31.7 Å². The van der Waals surface area contributed by atoms with Crippen LogP contribution in [0.25, 0.3) is 11.2 Å². The monoisotopic (exact) mass is 400 g/mol. The molecule has 1 N–H and O–H groups in total. The fourth-order valence-electron chi connectivity index (χ4n) is 3.22. The first-order valence-corrected chi connectivity index (χ1v) is 9.48. The minimum Gasteiger partial charge on any atom is -0.356 e. The Bertz CT molecular complexity index is 1160. The lowest BCUT2D eigenvalue weighted by Crippen LogP contribution is -2.37. The van der Waals surface area contributed by atoms with E-state index in [2.05, 4.69) is 17.2 Å².